The second-order valence-corrected chi connectivity index (χ2v) is 27.3. The standard InChI is InChI=1S/C27H27N2.C23H25GeN2O.Ir/c1-19-17-23(21-11-5-3-6-12-21)18-20(2)26(19)29-25-16-10-9-15-24(25)28-27(29)22-13-7-4-8-14-22;1-14(2)18-12-21(25-13-20(18)24(4,5)6)16-8-10-22-19(11-16)17-9-7-15(3)26-23(17)27-22;/h4,7-10,13,15-18,21H,3,5-6,11-12H2,1-2H3;7,9-14H,1-6H3;/q2*-1;/i;14D;. The van der Waals surface area contributed by atoms with Crippen molar-refractivity contribution in [1.82, 2.24) is 19.5 Å². The SMILES string of the molecule is Cc1cc(C2CCCCC2)cc(C)c1-n1c(-c2[c-]cccc2)nc2ccccc21.[2H]C(C)(C)c1cc(-c2[c-]cc3oc4nc(C)ccc4c3c2)nc[c]1[Ge]([CH3])([CH3])[CH3].[Ir]. The number of benzene rings is 4. The molecule has 293 valence electrons. The average Bonchev–Trinajstić information content (AvgIpc) is 3.75. The van der Waals surface area contributed by atoms with E-state index < -0.39 is 19.2 Å². The van der Waals surface area contributed by atoms with E-state index in [9.17, 15) is 0 Å². The number of pyridine rings is 2. The zero-order chi connectivity index (χ0) is 40.1. The van der Waals surface area contributed by atoms with Gasteiger partial charge < -0.3 is 4.57 Å². The monoisotopic (exact) mass is 992 g/mol. The predicted octanol–water partition coefficient (Wildman–Crippen LogP) is 13.0. The minimum absolute atomic E-state index is 0. The van der Waals surface area contributed by atoms with Gasteiger partial charge in [-0.15, -0.1) is 35.9 Å². The van der Waals surface area contributed by atoms with Crippen LogP contribution in [0.5, 0.6) is 0 Å². The molecule has 9 rings (SSSR count). The van der Waals surface area contributed by atoms with Crippen molar-refractivity contribution in [1.29, 1.82) is 0 Å². The first-order valence-electron chi connectivity index (χ1n) is 20.6. The maximum Gasteiger partial charge on any atom is 0 e. The average molecular weight is 991 g/mol. The summed E-state index contributed by atoms with van der Waals surface area (Å²) in [6.45, 7) is 10.4. The Bertz CT molecular complexity index is 2710. The number of para-hydroxylation sites is 2. The largest absolute Gasteiger partial charge is 0 e. The third-order valence-electron chi connectivity index (χ3n) is 11.3. The van der Waals surface area contributed by atoms with Crippen molar-refractivity contribution >= 4 is 50.8 Å². The normalized spacial score (nSPS) is 14.0. The van der Waals surface area contributed by atoms with Crippen LogP contribution in [-0.2, 0) is 20.1 Å². The molecule has 8 aromatic rings. The van der Waals surface area contributed by atoms with Gasteiger partial charge in [-0.25, -0.2) is 0 Å². The van der Waals surface area contributed by atoms with Crippen LogP contribution in [0.4, 0.5) is 0 Å². The minimum Gasteiger partial charge on any atom is 0 e. The van der Waals surface area contributed by atoms with E-state index in [0.717, 1.165) is 67.2 Å². The van der Waals surface area contributed by atoms with E-state index in [1.165, 1.54) is 58.9 Å². The van der Waals surface area contributed by atoms with Gasteiger partial charge in [0.1, 0.15) is 0 Å². The number of rotatable bonds is 6. The van der Waals surface area contributed by atoms with Crippen molar-refractivity contribution in [3.8, 4) is 28.3 Å². The Labute approximate surface area is 355 Å². The molecule has 4 aromatic heterocycles. The number of aromatic nitrogens is 4. The van der Waals surface area contributed by atoms with Crippen LogP contribution in [-0.4, -0.2) is 32.8 Å². The topological polar surface area (TPSA) is 56.7 Å². The molecule has 0 aliphatic heterocycles. The molecule has 1 radical (unpaired) electrons. The summed E-state index contributed by atoms with van der Waals surface area (Å²) in [6, 6.07) is 38.1. The van der Waals surface area contributed by atoms with E-state index in [4.69, 9.17) is 15.8 Å². The van der Waals surface area contributed by atoms with Crippen LogP contribution in [0.15, 0.2) is 102 Å². The summed E-state index contributed by atoms with van der Waals surface area (Å²) in [5.74, 6) is 8.05. The number of imidazole rings is 1. The first-order valence-corrected chi connectivity index (χ1v) is 27.4. The fourth-order valence-electron chi connectivity index (χ4n) is 8.43. The Morgan fingerprint density at radius 3 is 2.26 bits per heavy atom. The van der Waals surface area contributed by atoms with Crippen LogP contribution in [0, 0.1) is 32.9 Å². The van der Waals surface area contributed by atoms with Gasteiger partial charge in [0.05, 0.1) is 16.9 Å². The molecule has 0 saturated heterocycles. The zero-order valence-corrected chi connectivity index (χ0v) is 38.9. The molecule has 1 fully saturated rings. The fraction of sp³-hybridized carbons (Fsp3) is 0.300. The number of hydrogen-bond acceptors (Lipinski definition) is 4. The molecule has 0 spiro atoms. The summed E-state index contributed by atoms with van der Waals surface area (Å²) >= 11 is -2.14. The molecule has 0 atom stereocenters. The number of furan rings is 1. The number of aryl methyl sites for hydroxylation is 3. The first-order chi connectivity index (χ1) is 27.3. The summed E-state index contributed by atoms with van der Waals surface area (Å²) in [5.41, 5.74) is 13.8. The Kier molecular flexibility index (Phi) is 11.7. The molecule has 1 aliphatic rings. The van der Waals surface area contributed by atoms with E-state index >= 15 is 0 Å². The molecular formula is C50H52GeIrN4O-2. The van der Waals surface area contributed by atoms with Gasteiger partial charge in [0.15, 0.2) is 0 Å². The van der Waals surface area contributed by atoms with Crippen LogP contribution in [0.25, 0.3) is 61.4 Å². The second kappa shape index (κ2) is 16.9. The Hall–Kier alpha value is -4.36. The van der Waals surface area contributed by atoms with Crippen molar-refractivity contribution in [3.63, 3.8) is 0 Å². The number of fused-ring (bicyclic) bond motifs is 4. The Morgan fingerprint density at radius 1 is 0.825 bits per heavy atom. The van der Waals surface area contributed by atoms with Crippen molar-refractivity contribution in [2.24, 2.45) is 0 Å². The van der Waals surface area contributed by atoms with Gasteiger partial charge in [0, 0.05) is 25.8 Å². The molecule has 0 unspecified atom stereocenters. The van der Waals surface area contributed by atoms with Gasteiger partial charge in [-0.05, 0) is 61.4 Å². The van der Waals surface area contributed by atoms with Crippen molar-refractivity contribution < 1.29 is 25.9 Å². The maximum absolute atomic E-state index is 8.66. The number of hydrogen-bond donors (Lipinski definition) is 0. The third-order valence-corrected chi connectivity index (χ3v) is 15.5. The van der Waals surface area contributed by atoms with E-state index in [0.29, 0.717) is 5.71 Å². The van der Waals surface area contributed by atoms with Crippen LogP contribution < -0.4 is 4.40 Å². The summed E-state index contributed by atoms with van der Waals surface area (Å²) in [5, 5.41) is 2.01. The zero-order valence-electron chi connectivity index (χ0n) is 35.4. The van der Waals surface area contributed by atoms with Crippen molar-refractivity contribution in [2.75, 3.05) is 0 Å². The molecule has 1 aliphatic carbocycles. The number of nitrogens with zero attached hydrogens (tertiary/aromatic N) is 4. The molecule has 4 aromatic carbocycles. The minimum atomic E-state index is -2.14. The van der Waals surface area contributed by atoms with Gasteiger partial charge in [0.25, 0.3) is 0 Å². The fourth-order valence-corrected chi connectivity index (χ4v) is 11.8. The molecule has 57 heavy (non-hydrogen) atoms. The van der Waals surface area contributed by atoms with E-state index in [2.05, 4.69) is 120 Å². The van der Waals surface area contributed by atoms with Crippen molar-refractivity contribution in [3.05, 3.63) is 137 Å². The summed E-state index contributed by atoms with van der Waals surface area (Å²) in [4.78, 5) is 14.2. The van der Waals surface area contributed by atoms with Gasteiger partial charge >= 0.3 is 165 Å². The van der Waals surface area contributed by atoms with Gasteiger partial charge in [0.2, 0.25) is 0 Å². The maximum atomic E-state index is 8.66. The molecule has 5 nitrogen and oxygen atoms in total. The predicted molar refractivity (Wildman–Crippen MR) is 236 cm³/mol. The van der Waals surface area contributed by atoms with E-state index in [-0.39, 0.29) is 20.1 Å². The van der Waals surface area contributed by atoms with E-state index in [1.54, 1.807) is 0 Å². The van der Waals surface area contributed by atoms with E-state index in [1.807, 2.05) is 51.2 Å². The van der Waals surface area contributed by atoms with Crippen LogP contribution in [0.3, 0.4) is 0 Å². The van der Waals surface area contributed by atoms with Gasteiger partial charge in [-0.2, -0.15) is 0 Å². The van der Waals surface area contributed by atoms with Gasteiger partial charge in [-0.1, -0.05) is 43.5 Å². The first kappa shape index (κ1) is 39.5. The molecule has 0 N–H and O–H groups in total. The summed E-state index contributed by atoms with van der Waals surface area (Å²) < 4.78 is 18.2. The van der Waals surface area contributed by atoms with Crippen LogP contribution in [0.2, 0.25) is 17.3 Å². The molecule has 1 saturated carbocycles. The Morgan fingerprint density at radius 2 is 1.56 bits per heavy atom. The molecule has 0 amide bonds. The summed E-state index contributed by atoms with van der Waals surface area (Å²) in [7, 11) is 0. The molecule has 0 bridgehead atoms. The van der Waals surface area contributed by atoms with Crippen molar-refractivity contribution in [2.45, 2.75) is 95.8 Å². The smallest absolute Gasteiger partial charge is 0 e. The molecule has 7 heteroatoms. The quantitative estimate of drug-likeness (QED) is 0.123. The van der Waals surface area contributed by atoms with Gasteiger partial charge in [-0.3, -0.25) is 4.98 Å². The Balaban J connectivity index is 0.000000174. The summed E-state index contributed by atoms with van der Waals surface area (Å²) in [6.07, 6.45) is 8.78. The molecular weight excluding hydrogens is 937 g/mol. The van der Waals surface area contributed by atoms with Crippen LogP contribution >= 0.6 is 0 Å². The third kappa shape index (κ3) is 8.32. The second-order valence-electron chi connectivity index (χ2n) is 16.8. The van der Waals surface area contributed by atoms with Crippen LogP contribution in [0.1, 0.15) is 87.1 Å². The molecule has 4 heterocycles.